The number of nitrogens with zero attached hydrogens (tertiary/aromatic N) is 6. The third-order valence-electron chi connectivity index (χ3n) is 16.4. The molecule has 3 heterocycles. The zero-order valence-electron chi connectivity index (χ0n) is 58.0. The van der Waals surface area contributed by atoms with Crippen LogP contribution in [0.1, 0.15) is 108 Å². The fraction of sp³-hybridized carbons (Fsp3) is 0.493. The fourth-order valence-electron chi connectivity index (χ4n) is 11.4. The molecule has 6 atom stereocenters. The number of ketones is 1. The molecule has 0 saturated heterocycles. The number of para-hydroxylation sites is 6. The van der Waals surface area contributed by atoms with Gasteiger partial charge in [-0.25, -0.2) is 0 Å². The summed E-state index contributed by atoms with van der Waals surface area (Å²) in [6.45, 7) is 29.4. The molecule has 6 rings (SSSR count). The van der Waals surface area contributed by atoms with Crippen LogP contribution in [0.5, 0.6) is 0 Å². The lowest BCUT2D eigenvalue weighted by molar-refractivity contribution is -0.167. The molecule has 3 aliphatic rings. The van der Waals surface area contributed by atoms with Crippen LogP contribution in [0.25, 0.3) is 0 Å². The molecule has 0 bridgehead atoms. The van der Waals surface area contributed by atoms with Crippen LogP contribution in [0.15, 0.2) is 111 Å². The molecular formula is C71H100N10O14. The van der Waals surface area contributed by atoms with Crippen molar-refractivity contribution in [2.24, 2.45) is 64.7 Å². The second-order valence-corrected chi connectivity index (χ2v) is 26.2. The van der Waals surface area contributed by atoms with Gasteiger partial charge >= 0.3 is 11.9 Å². The van der Waals surface area contributed by atoms with Gasteiger partial charge in [0.05, 0.1) is 57.8 Å². The number of hydrogen-bond donors (Lipinski definition) is 5. The van der Waals surface area contributed by atoms with Crippen molar-refractivity contribution in [2.45, 2.75) is 131 Å². The Bertz CT molecular complexity index is 3060. The van der Waals surface area contributed by atoms with Crippen molar-refractivity contribution in [2.75, 3.05) is 71.7 Å². The molecule has 95 heavy (non-hydrogen) atoms. The molecule has 3 aliphatic heterocycles. The predicted octanol–water partition coefficient (Wildman–Crippen LogP) is 7.23. The minimum Gasteiger partial charge on any atom is -0.481 e. The van der Waals surface area contributed by atoms with Crippen molar-refractivity contribution in [1.29, 1.82) is 0 Å². The highest BCUT2D eigenvalue weighted by molar-refractivity contribution is 6.23. The third kappa shape index (κ3) is 21.1. The van der Waals surface area contributed by atoms with Crippen molar-refractivity contribution >= 4 is 105 Å². The number of Topliss-reactive ketones (excluding diaryl/α,β-unsaturated/α-hetero) is 1. The maximum Gasteiger partial charge on any atom is 0.310 e. The summed E-state index contributed by atoms with van der Waals surface area (Å²) in [5.41, 5.74) is 14.2. The summed E-state index contributed by atoms with van der Waals surface area (Å²) in [7, 11) is 9.51. The summed E-state index contributed by atoms with van der Waals surface area (Å²) < 4.78 is 5.32. The number of anilines is 6. The molecule has 0 saturated carbocycles. The molecule has 0 aromatic heterocycles. The standard InChI is InChI=1S/C23H31N3O4.C22H30N4O4.C15H26O4.C11H13N3O2/c1-7-10-16(15(4)27)17(13-14(2)3)21(28)24-20-22(29)25(5)18-11-8-9-12-19(18)26(6)23(20)30;1-6-9-14(19(23)27)15(12-13(2)3)20(28)24-18-21(29)25(4)16-10-7-8-11-17(16)26(5)22(18)30;1-7-8-11(14(18)19-15(4,5)6)12(13(16)17)9-10(2)3;1-13-7-5-3-4-6-8(7)14(2)11(16)9(12)10(13)15/h7-9,11-12,14,16-17,20H,1,10,13H2,2-6H3,(H,24,28);6-8,10-11,13-15,18H,1,9,12H2,2-5H3,(H2,23,27)(H,24,28);7,10-12H,1,8-9H2,2-6H3,(H,16,17);3-6,9H,12H2,1-2H3/t16-,17-;14-,15+;11-,12+;/m100./s1. The molecule has 0 unspecified atom stereocenters. The SMILES string of the molecule is C=CC[C@H](C(=O)OC(C)(C)C)[C@@H](CC(C)C)C(=O)O.C=CC[C@H](C(C)=O)[C@@H](CC(C)C)C(=O)NC1C(=O)N(C)c2ccccc2N(C)C1=O.C=CC[C@H](C(N)=O)[C@@H](CC(C)C)C(=O)NC1C(=O)N(C)c2ccccc2N(C)C1=O.CN1C(=O)C(N)C(=O)N(C)c2ccccc21. The number of benzene rings is 3. The van der Waals surface area contributed by atoms with Crippen LogP contribution in [0.2, 0.25) is 0 Å². The van der Waals surface area contributed by atoms with E-state index in [4.69, 9.17) is 16.2 Å². The van der Waals surface area contributed by atoms with Gasteiger partial charge < -0.3 is 61.3 Å². The van der Waals surface area contributed by atoms with Crippen molar-refractivity contribution in [3.8, 4) is 0 Å². The number of amides is 9. The molecule has 0 spiro atoms. The van der Waals surface area contributed by atoms with E-state index in [9.17, 15) is 62.6 Å². The van der Waals surface area contributed by atoms with E-state index in [2.05, 4.69) is 30.4 Å². The number of primary amides is 1. The van der Waals surface area contributed by atoms with Gasteiger partial charge in [-0.1, -0.05) is 96.2 Å². The van der Waals surface area contributed by atoms with E-state index in [1.165, 1.54) is 42.4 Å². The number of carbonyl (C=O) groups excluding carboxylic acids is 11. The van der Waals surface area contributed by atoms with E-state index in [-0.39, 0.29) is 41.8 Å². The number of fused-ring (bicyclic) bond motifs is 3. The smallest absolute Gasteiger partial charge is 0.310 e. The van der Waals surface area contributed by atoms with E-state index in [0.717, 1.165) is 0 Å². The van der Waals surface area contributed by atoms with Gasteiger partial charge in [0, 0.05) is 54.1 Å². The topological polar surface area (TPSA) is 330 Å². The van der Waals surface area contributed by atoms with Crippen LogP contribution in [0.4, 0.5) is 34.1 Å². The highest BCUT2D eigenvalue weighted by Gasteiger charge is 2.44. The number of carboxylic acids is 1. The second kappa shape index (κ2) is 35.8. The molecule has 3 aromatic carbocycles. The Hall–Kier alpha value is -9.32. The molecule has 9 amide bonds. The van der Waals surface area contributed by atoms with Crippen molar-refractivity contribution in [1.82, 2.24) is 10.6 Å². The Morgan fingerprint density at radius 3 is 1.00 bits per heavy atom. The number of likely N-dealkylation sites (N-methyl/N-ethyl adjacent to an activating group) is 6. The van der Waals surface area contributed by atoms with Gasteiger partial charge in [-0.05, 0) is 120 Å². The second-order valence-electron chi connectivity index (χ2n) is 26.2. The third-order valence-corrected chi connectivity index (χ3v) is 16.4. The Labute approximate surface area is 559 Å². The van der Waals surface area contributed by atoms with Crippen molar-refractivity contribution in [3.63, 3.8) is 0 Å². The number of nitrogens with one attached hydrogen (secondary N) is 2. The van der Waals surface area contributed by atoms with Crippen LogP contribution < -0.4 is 51.5 Å². The summed E-state index contributed by atoms with van der Waals surface area (Å²) in [6.07, 6.45) is 6.94. The molecule has 0 radical (unpaired) electrons. The number of nitrogens with two attached hydrogens (primary N) is 2. The average molecular weight is 1320 g/mol. The highest BCUT2D eigenvalue weighted by atomic mass is 16.6. The first kappa shape index (κ1) is 79.9. The maximum atomic E-state index is 13.2. The van der Waals surface area contributed by atoms with Gasteiger partial charge in [-0.15, -0.1) is 19.7 Å². The van der Waals surface area contributed by atoms with Gasteiger partial charge in [0.25, 0.3) is 35.4 Å². The molecule has 24 nitrogen and oxygen atoms in total. The van der Waals surface area contributed by atoms with Gasteiger partial charge in [-0.3, -0.25) is 57.5 Å². The fourth-order valence-corrected chi connectivity index (χ4v) is 11.4. The molecule has 3 aromatic rings. The van der Waals surface area contributed by atoms with Crippen LogP contribution in [-0.4, -0.2) is 142 Å². The number of hydrogen-bond acceptors (Lipinski definition) is 14. The van der Waals surface area contributed by atoms with E-state index in [0.29, 0.717) is 66.2 Å². The number of esters is 1. The van der Waals surface area contributed by atoms with Gasteiger partial charge in [0.15, 0.2) is 18.1 Å². The predicted molar refractivity (Wildman–Crippen MR) is 369 cm³/mol. The maximum absolute atomic E-state index is 13.2. The number of carboxylic acid groups (broad SMARTS) is 1. The number of ether oxygens (including phenoxy) is 1. The zero-order valence-corrected chi connectivity index (χ0v) is 58.0. The molecular weight excluding hydrogens is 1220 g/mol. The van der Waals surface area contributed by atoms with E-state index in [1.54, 1.807) is 136 Å². The molecule has 24 heteroatoms. The van der Waals surface area contributed by atoms with Crippen molar-refractivity contribution < 1.29 is 67.4 Å². The summed E-state index contributed by atoms with van der Waals surface area (Å²) >= 11 is 0. The number of allylic oxidation sites excluding steroid dienone is 3. The number of rotatable bonds is 23. The van der Waals surface area contributed by atoms with Crippen LogP contribution in [0, 0.1) is 53.3 Å². The summed E-state index contributed by atoms with van der Waals surface area (Å²) in [4.78, 5) is 158. The molecule has 0 aliphatic carbocycles. The summed E-state index contributed by atoms with van der Waals surface area (Å²) in [6, 6.07) is 17.4. The minimum absolute atomic E-state index is 0.0996. The van der Waals surface area contributed by atoms with E-state index >= 15 is 0 Å². The molecule has 0 fully saturated rings. The van der Waals surface area contributed by atoms with Gasteiger partial charge in [0.2, 0.25) is 17.7 Å². The lowest BCUT2D eigenvalue weighted by Gasteiger charge is -2.28. The first-order valence-corrected chi connectivity index (χ1v) is 31.7. The average Bonchev–Trinajstić information content (AvgIpc) is 1.67. The van der Waals surface area contributed by atoms with Crippen LogP contribution >= 0.6 is 0 Å². The monoisotopic (exact) mass is 1320 g/mol. The van der Waals surface area contributed by atoms with Crippen LogP contribution in [-0.2, 0) is 62.3 Å². The van der Waals surface area contributed by atoms with Gasteiger partial charge in [-0.2, -0.15) is 0 Å². The van der Waals surface area contributed by atoms with E-state index in [1.807, 2.05) is 53.7 Å². The number of carbonyl (C=O) groups is 12. The van der Waals surface area contributed by atoms with Gasteiger partial charge in [0.1, 0.15) is 11.4 Å². The Morgan fingerprint density at radius 2 is 0.747 bits per heavy atom. The highest BCUT2D eigenvalue weighted by Crippen LogP contribution is 2.36. The van der Waals surface area contributed by atoms with Crippen molar-refractivity contribution in [3.05, 3.63) is 111 Å². The van der Waals surface area contributed by atoms with Crippen LogP contribution in [0.3, 0.4) is 0 Å². The lowest BCUT2D eigenvalue weighted by atomic mass is 9.80. The Balaban J connectivity index is 0.000000341. The summed E-state index contributed by atoms with van der Waals surface area (Å²) in [5, 5.41) is 14.6. The molecule has 7 N–H and O–H groups in total. The van der Waals surface area contributed by atoms with E-state index < -0.39 is 113 Å². The Kier molecular flexibility index (Phi) is 30.1. The molecule has 518 valence electrons. The lowest BCUT2D eigenvalue weighted by Crippen LogP contribution is -2.56. The zero-order chi connectivity index (χ0) is 72.3. The quantitative estimate of drug-likeness (QED) is 0.0355. The first-order valence-electron chi connectivity index (χ1n) is 31.7. The Morgan fingerprint density at radius 1 is 0.484 bits per heavy atom. The summed E-state index contributed by atoms with van der Waals surface area (Å²) in [5.74, 6) is -9.74. The minimum atomic E-state index is -1.40. The normalized spacial score (nSPS) is 16.5. The largest absolute Gasteiger partial charge is 0.481 e. The first-order chi connectivity index (χ1) is 44.3. The number of aliphatic carboxylic acids is 1.